The van der Waals surface area contributed by atoms with Gasteiger partial charge >= 0.3 is 6.18 Å². The van der Waals surface area contributed by atoms with E-state index in [1.165, 1.54) is 25.4 Å². The van der Waals surface area contributed by atoms with Crippen LogP contribution in [0.4, 0.5) is 13.2 Å². The Morgan fingerprint density at radius 3 is 2.67 bits per heavy atom. The maximum atomic E-state index is 12.8. The van der Waals surface area contributed by atoms with Gasteiger partial charge in [-0.25, -0.2) is 4.98 Å². The number of aromatic nitrogens is 2. The van der Waals surface area contributed by atoms with Gasteiger partial charge in [0.25, 0.3) is 0 Å². The van der Waals surface area contributed by atoms with Crippen molar-refractivity contribution in [2.75, 3.05) is 7.11 Å². The number of carbonyl (C=O) groups is 1. The predicted octanol–water partition coefficient (Wildman–Crippen LogP) is 4.13. The van der Waals surface area contributed by atoms with E-state index in [1.54, 1.807) is 6.07 Å². The maximum Gasteiger partial charge on any atom is 0.433 e. The summed E-state index contributed by atoms with van der Waals surface area (Å²) in [6, 6.07) is 6.76. The zero-order valence-corrected chi connectivity index (χ0v) is 12.9. The number of carbonyl (C=O) groups excluding carboxylic acids is 1. The number of pyridine rings is 1. The Hall–Kier alpha value is -2.83. The number of hydrogen-bond acceptors (Lipinski definition) is 3. The molecular weight excluding hydrogens is 321 g/mol. The van der Waals surface area contributed by atoms with Crippen LogP contribution in [0.2, 0.25) is 0 Å². The first kappa shape index (κ1) is 16.0. The van der Waals surface area contributed by atoms with E-state index in [0.29, 0.717) is 16.7 Å². The molecule has 124 valence electrons. The second-order valence-corrected chi connectivity index (χ2v) is 5.30. The summed E-state index contributed by atoms with van der Waals surface area (Å²) in [5.74, 6) is 0.00593. The number of methoxy groups -OCH3 is 1. The van der Waals surface area contributed by atoms with Gasteiger partial charge in [-0.1, -0.05) is 6.07 Å². The summed E-state index contributed by atoms with van der Waals surface area (Å²) in [6.45, 7) is 1.86. The fraction of sp³-hybridized carbons (Fsp3) is 0.176. The highest BCUT2D eigenvalue weighted by atomic mass is 19.4. The maximum absolute atomic E-state index is 12.8. The molecular formula is C17H13F3N2O2. The summed E-state index contributed by atoms with van der Waals surface area (Å²) in [5.41, 5.74) is 0.466. The van der Waals surface area contributed by atoms with Gasteiger partial charge in [-0.2, -0.15) is 13.2 Å². The first-order chi connectivity index (χ1) is 11.3. The van der Waals surface area contributed by atoms with Crippen LogP contribution in [0, 0.1) is 6.92 Å². The fourth-order valence-corrected chi connectivity index (χ4v) is 2.52. The molecule has 0 saturated carbocycles. The zero-order chi connectivity index (χ0) is 17.5. The number of ether oxygens (including phenoxy) is 1. The molecule has 7 heteroatoms. The van der Waals surface area contributed by atoms with Crippen molar-refractivity contribution >= 4 is 16.7 Å². The van der Waals surface area contributed by atoms with Crippen LogP contribution in [0.15, 0.2) is 36.5 Å². The van der Waals surface area contributed by atoms with E-state index in [1.807, 2.05) is 13.0 Å². The summed E-state index contributed by atoms with van der Waals surface area (Å²) in [6.07, 6.45) is -3.13. The summed E-state index contributed by atoms with van der Waals surface area (Å²) in [4.78, 5) is 19.0. The molecule has 1 aromatic carbocycles. The van der Waals surface area contributed by atoms with Crippen molar-refractivity contribution in [3.8, 4) is 5.75 Å². The number of H-pyrrole nitrogens is 1. The molecule has 0 radical (unpaired) electrons. The summed E-state index contributed by atoms with van der Waals surface area (Å²) >= 11 is 0. The van der Waals surface area contributed by atoms with E-state index in [2.05, 4.69) is 9.97 Å². The zero-order valence-electron chi connectivity index (χ0n) is 12.9. The smallest absolute Gasteiger partial charge is 0.433 e. The van der Waals surface area contributed by atoms with E-state index >= 15 is 0 Å². The highest BCUT2D eigenvalue weighted by Crippen LogP contribution is 2.30. The van der Waals surface area contributed by atoms with E-state index in [-0.39, 0.29) is 11.3 Å². The number of halogens is 3. The Morgan fingerprint density at radius 1 is 1.25 bits per heavy atom. The van der Waals surface area contributed by atoms with Crippen LogP contribution >= 0.6 is 0 Å². The Morgan fingerprint density at radius 2 is 2.00 bits per heavy atom. The van der Waals surface area contributed by atoms with E-state index in [4.69, 9.17) is 4.74 Å². The van der Waals surface area contributed by atoms with Crippen LogP contribution < -0.4 is 4.74 Å². The first-order valence-corrected chi connectivity index (χ1v) is 7.06. The van der Waals surface area contributed by atoms with Gasteiger partial charge in [0.15, 0.2) is 0 Å². The van der Waals surface area contributed by atoms with Crippen molar-refractivity contribution in [1.82, 2.24) is 9.97 Å². The molecule has 24 heavy (non-hydrogen) atoms. The van der Waals surface area contributed by atoms with Gasteiger partial charge in [0, 0.05) is 22.7 Å². The van der Waals surface area contributed by atoms with Crippen molar-refractivity contribution in [2.45, 2.75) is 13.1 Å². The van der Waals surface area contributed by atoms with Gasteiger partial charge in [-0.3, -0.25) is 4.79 Å². The third-order valence-corrected chi connectivity index (χ3v) is 3.71. The van der Waals surface area contributed by atoms with Crippen molar-refractivity contribution in [1.29, 1.82) is 0 Å². The first-order valence-electron chi connectivity index (χ1n) is 7.06. The number of alkyl halides is 3. The minimum atomic E-state index is -4.60. The molecule has 0 fully saturated rings. The third kappa shape index (κ3) is 2.73. The quantitative estimate of drug-likeness (QED) is 0.733. The second kappa shape index (κ2) is 5.67. The van der Waals surface area contributed by atoms with Crippen LogP contribution in [0.25, 0.3) is 10.9 Å². The van der Waals surface area contributed by atoms with Crippen LogP contribution in [-0.4, -0.2) is 22.9 Å². The number of aryl methyl sites for hydroxylation is 1. The SMILES string of the molecule is COc1cc2c(C(=O)c3cccc(C(F)(F)F)n3)c[nH]c2cc1C. The topological polar surface area (TPSA) is 55.0 Å². The van der Waals surface area contributed by atoms with Gasteiger partial charge in [0.2, 0.25) is 5.78 Å². The fourth-order valence-electron chi connectivity index (χ4n) is 2.52. The Balaban J connectivity index is 2.09. The normalized spacial score (nSPS) is 11.7. The molecule has 0 saturated heterocycles. The number of benzene rings is 1. The molecule has 1 N–H and O–H groups in total. The second-order valence-electron chi connectivity index (χ2n) is 5.30. The van der Waals surface area contributed by atoms with Crippen molar-refractivity contribution < 1.29 is 22.7 Å². The standard InChI is InChI=1S/C17H13F3N2O2/c1-9-6-13-10(7-14(9)24-2)11(8-21-13)16(23)12-4-3-5-15(22-12)17(18,19)20/h3-8,21H,1-2H3. The summed E-state index contributed by atoms with van der Waals surface area (Å²) < 4.78 is 43.6. The lowest BCUT2D eigenvalue weighted by atomic mass is 10.0. The average Bonchev–Trinajstić information content (AvgIpc) is 2.95. The number of hydrogen-bond donors (Lipinski definition) is 1. The Bertz CT molecular complexity index is 929. The molecule has 3 aromatic rings. The molecule has 4 nitrogen and oxygen atoms in total. The molecule has 0 aliphatic rings. The predicted molar refractivity (Wildman–Crippen MR) is 82.3 cm³/mol. The van der Waals surface area contributed by atoms with E-state index in [9.17, 15) is 18.0 Å². The lowest BCUT2D eigenvalue weighted by Crippen LogP contribution is -2.12. The van der Waals surface area contributed by atoms with Crippen LogP contribution in [0.5, 0.6) is 5.75 Å². The van der Waals surface area contributed by atoms with Crippen molar-refractivity contribution in [2.24, 2.45) is 0 Å². The monoisotopic (exact) mass is 334 g/mol. The van der Waals surface area contributed by atoms with Gasteiger partial charge in [-0.05, 0) is 36.8 Å². The molecule has 0 aliphatic heterocycles. The molecule has 2 aromatic heterocycles. The largest absolute Gasteiger partial charge is 0.496 e. The molecule has 2 heterocycles. The summed E-state index contributed by atoms with van der Waals surface area (Å²) in [7, 11) is 1.51. The lowest BCUT2D eigenvalue weighted by molar-refractivity contribution is -0.141. The molecule has 0 bridgehead atoms. The van der Waals surface area contributed by atoms with Gasteiger partial charge < -0.3 is 9.72 Å². The minimum absolute atomic E-state index is 0.245. The molecule has 0 spiro atoms. The van der Waals surface area contributed by atoms with Crippen LogP contribution in [0.3, 0.4) is 0 Å². The molecule has 0 atom stereocenters. The molecule has 0 aliphatic carbocycles. The van der Waals surface area contributed by atoms with E-state index < -0.39 is 17.7 Å². The van der Waals surface area contributed by atoms with Crippen LogP contribution in [-0.2, 0) is 6.18 Å². The number of fused-ring (bicyclic) bond motifs is 1. The Labute approximate surface area is 135 Å². The highest BCUT2D eigenvalue weighted by molar-refractivity contribution is 6.15. The average molecular weight is 334 g/mol. The third-order valence-electron chi connectivity index (χ3n) is 3.71. The number of ketones is 1. The van der Waals surface area contributed by atoms with Crippen molar-refractivity contribution in [3.63, 3.8) is 0 Å². The lowest BCUT2D eigenvalue weighted by Gasteiger charge is -2.07. The molecule has 0 unspecified atom stereocenters. The van der Waals surface area contributed by atoms with Gasteiger partial charge in [0.1, 0.15) is 17.1 Å². The molecule has 3 rings (SSSR count). The minimum Gasteiger partial charge on any atom is -0.496 e. The van der Waals surface area contributed by atoms with Gasteiger partial charge in [0.05, 0.1) is 7.11 Å². The number of nitrogens with one attached hydrogen (secondary N) is 1. The highest BCUT2D eigenvalue weighted by Gasteiger charge is 2.33. The number of rotatable bonds is 3. The number of aromatic amines is 1. The van der Waals surface area contributed by atoms with Crippen molar-refractivity contribution in [3.05, 3.63) is 59.0 Å². The number of nitrogens with zero attached hydrogens (tertiary/aromatic N) is 1. The summed E-state index contributed by atoms with van der Waals surface area (Å²) in [5, 5.41) is 0.571. The van der Waals surface area contributed by atoms with E-state index in [0.717, 1.165) is 11.6 Å². The van der Waals surface area contributed by atoms with Crippen LogP contribution in [0.1, 0.15) is 27.3 Å². The molecule has 0 amide bonds. The Kier molecular flexibility index (Phi) is 3.79. The van der Waals surface area contributed by atoms with Gasteiger partial charge in [-0.15, -0.1) is 0 Å².